The van der Waals surface area contributed by atoms with Crippen molar-refractivity contribution in [2.24, 2.45) is 0 Å². The second-order valence-corrected chi connectivity index (χ2v) is 8.18. The van der Waals surface area contributed by atoms with Gasteiger partial charge in [0.15, 0.2) is 0 Å². The van der Waals surface area contributed by atoms with E-state index in [2.05, 4.69) is 6.07 Å². The van der Waals surface area contributed by atoms with Crippen molar-refractivity contribution in [2.45, 2.75) is 9.79 Å². The zero-order chi connectivity index (χ0) is 18.9. The van der Waals surface area contributed by atoms with Crippen molar-refractivity contribution in [1.29, 1.82) is 0 Å². The first-order valence-electron chi connectivity index (χ1n) is 7.34. The third-order valence-corrected chi connectivity index (χ3v) is 5.57. The third-order valence-electron chi connectivity index (χ3n) is 3.75. The average molecular weight is 620 g/mol. The molecule has 0 amide bonds. The van der Waals surface area contributed by atoms with E-state index in [1.54, 1.807) is 24.3 Å². The summed E-state index contributed by atoms with van der Waals surface area (Å²) in [5.74, 6) is 0. The molecule has 0 aliphatic carbocycles. The molecular formula is C18H16AuO6PS2. The maximum Gasteiger partial charge on any atom is 1.00 e. The van der Waals surface area contributed by atoms with Gasteiger partial charge in [0.25, 0.3) is 20.2 Å². The molecule has 152 valence electrons. The van der Waals surface area contributed by atoms with Crippen LogP contribution in [0.4, 0.5) is 0 Å². The first-order valence-corrected chi connectivity index (χ1v) is 10.2. The summed E-state index contributed by atoms with van der Waals surface area (Å²) >= 11 is 0. The van der Waals surface area contributed by atoms with Crippen molar-refractivity contribution in [1.82, 2.24) is 0 Å². The molecule has 3 aromatic rings. The van der Waals surface area contributed by atoms with Gasteiger partial charge in [-0.25, -0.2) is 0 Å². The van der Waals surface area contributed by atoms with Gasteiger partial charge in [0.1, 0.15) is 0 Å². The smallest absolute Gasteiger partial charge is 0.282 e. The average Bonchev–Trinajstić information content (AvgIpc) is 2.60. The van der Waals surface area contributed by atoms with E-state index >= 15 is 0 Å². The molecule has 28 heavy (non-hydrogen) atoms. The van der Waals surface area contributed by atoms with Crippen LogP contribution in [0.5, 0.6) is 0 Å². The molecule has 0 saturated carbocycles. The summed E-state index contributed by atoms with van der Waals surface area (Å²) in [6.07, 6.45) is 0. The Balaban J connectivity index is 0.00000196. The van der Waals surface area contributed by atoms with Crippen LogP contribution < -0.4 is 0 Å². The van der Waals surface area contributed by atoms with Crippen LogP contribution in [0.2, 0.25) is 0 Å². The Hall–Kier alpha value is -1.35. The predicted octanol–water partition coefficient (Wildman–Crippen LogP) is 3.37. The fourth-order valence-corrected chi connectivity index (χ4v) is 4.10. The van der Waals surface area contributed by atoms with E-state index < -0.39 is 20.2 Å². The summed E-state index contributed by atoms with van der Waals surface area (Å²) in [5, 5.41) is 0. The SMILES string of the molecule is O=S(=O)(O)c1ccccc1-c1[c-]cccc1-c1ccccc1S(=O)(=O)O.P.[Au+]. The van der Waals surface area contributed by atoms with Gasteiger partial charge in [-0.05, 0) is 17.7 Å². The van der Waals surface area contributed by atoms with Crippen molar-refractivity contribution in [3.05, 3.63) is 72.8 Å². The molecule has 0 aliphatic heterocycles. The van der Waals surface area contributed by atoms with E-state index in [1.807, 2.05) is 0 Å². The molecule has 1 atom stereocenters. The number of benzene rings is 3. The quantitative estimate of drug-likeness (QED) is 0.201. The van der Waals surface area contributed by atoms with E-state index in [4.69, 9.17) is 0 Å². The summed E-state index contributed by atoms with van der Waals surface area (Å²) < 4.78 is 65.8. The molecule has 0 aromatic heterocycles. The molecule has 0 fully saturated rings. The van der Waals surface area contributed by atoms with E-state index in [0.29, 0.717) is 5.56 Å². The van der Waals surface area contributed by atoms with Crippen molar-refractivity contribution in [2.75, 3.05) is 0 Å². The van der Waals surface area contributed by atoms with Crippen LogP contribution >= 0.6 is 9.90 Å². The number of hydrogen-bond acceptors (Lipinski definition) is 4. The van der Waals surface area contributed by atoms with Gasteiger partial charge >= 0.3 is 22.4 Å². The molecule has 2 N–H and O–H groups in total. The van der Waals surface area contributed by atoms with Gasteiger partial charge in [-0.2, -0.15) is 26.7 Å². The summed E-state index contributed by atoms with van der Waals surface area (Å²) in [4.78, 5) is -0.641. The van der Waals surface area contributed by atoms with Gasteiger partial charge in [-0.15, -0.1) is 29.8 Å². The predicted molar refractivity (Wildman–Crippen MR) is 107 cm³/mol. The zero-order valence-electron chi connectivity index (χ0n) is 14.2. The van der Waals surface area contributed by atoms with Crippen LogP contribution in [0.1, 0.15) is 0 Å². The fourth-order valence-electron chi connectivity index (χ4n) is 2.70. The molecule has 1 unspecified atom stereocenters. The van der Waals surface area contributed by atoms with E-state index in [1.165, 1.54) is 42.5 Å². The minimum absolute atomic E-state index is 0. The Morgan fingerprint density at radius 1 is 0.643 bits per heavy atom. The van der Waals surface area contributed by atoms with Crippen LogP contribution in [0, 0.1) is 6.07 Å². The fraction of sp³-hybridized carbons (Fsp3) is 0. The van der Waals surface area contributed by atoms with Gasteiger partial charge < -0.3 is 0 Å². The molecule has 0 bridgehead atoms. The van der Waals surface area contributed by atoms with Gasteiger partial charge in [0.2, 0.25) is 0 Å². The van der Waals surface area contributed by atoms with Crippen molar-refractivity contribution in [3.8, 4) is 22.3 Å². The molecule has 0 aliphatic rings. The first-order chi connectivity index (χ1) is 12.2. The molecule has 0 saturated heterocycles. The van der Waals surface area contributed by atoms with Crippen molar-refractivity contribution in [3.63, 3.8) is 0 Å². The van der Waals surface area contributed by atoms with Crippen LogP contribution in [0.15, 0.2) is 76.5 Å². The topological polar surface area (TPSA) is 109 Å². The Morgan fingerprint density at radius 2 is 1.07 bits per heavy atom. The monoisotopic (exact) mass is 620 g/mol. The molecule has 10 heteroatoms. The molecule has 3 rings (SSSR count). The normalized spacial score (nSPS) is 11.2. The van der Waals surface area contributed by atoms with Gasteiger partial charge in [-0.1, -0.05) is 47.5 Å². The van der Waals surface area contributed by atoms with Crippen molar-refractivity contribution < 1.29 is 48.3 Å². The van der Waals surface area contributed by atoms with Gasteiger partial charge in [-0.3, -0.25) is 9.11 Å². The molecule has 6 nitrogen and oxygen atoms in total. The Morgan fingerprint density at radius 3 is 1.61 bits per heavy atom. The van der Waals surface area contributed by atoms with E-state index in [-0.39, 0.29) is 58.8 Å². The Labute approximate surface area is 182 Å². The van der Waals surface area contributed by atoms with Crippen LogP contribution in [-0.2, 0) is 42.6 Å². The summed E-state index contributed by atoms with van der Waals surface area (Å²) in [6.45, 7) is 0. The summed E-state index contributed by atoms with van der Waals surface area (Å²) in [6, 6.07) is 19.2. The van der Waals surface area contributed by atoms with Gasteiger partial charge in [0.05, 0.1) is 9.79 Å². The Bertz CT molecular complexity index is 1100. The maximum absolute atomic E-state index is 11.7. The number of hydrogen-bond donors (Lipinski definition) is 2. The Kier molecular flexibility index (Phi) is 8.32. The summed E-state index contributed by atoms with van der Waals surface area (Å²) in [7, 11) is -9.01. The van der Waals surface area contributed by atoms with E-state index in [0.717, 1.165) is 0 Å². The standard InChI is InChI=1S/C18H13O6S2.Au.H3P/c19-25(20,21)17-11-5-3-9-15(17)13-7-1-2-8-14(13)16-10-4-6-12-18(16)26(22,23)24;;/h1-7,9-12H,(H,19,20,21)(H,22,23,24);;1H3/q-1;+1;. The zero-order valence-corrected chi connectivity index (χ0v) is 19.4. The number of rotatable bonds is 4. The minimum Gasteiger partial charge on any atom is -0.282 e. The third kappa shape index (κ3) is 5.17. The largest absolute Gasteiger partial charge is 1.00 e. The maximum atomic E-state index is 11.7. The van der Waals surface area contributed by atoms with Gasteiger partial charge in [0, 0.05) is 0 Å². The first kappa shape index (κ1) is 24.7. The second kappa shape index (κ2) is 9.43. The molecule has 3 aromatic carbocycles. The second-order valence-electron chi connectivity index (χ2n) is 5.40. The molecular weight excluding hydrogens is 604 g/mol. The van der Waals surface area contributed by atoms with Crippen LogP contribution in [0.25, 0.3) is 22.3 Å². The summed E-state index contributed by atoms with van der Waals surface area (Å²) in [5.41, 5.74) is 0.969. The van der Waals surface area contributed by atoms with Crippen LogP contribution in [-0.4, -0.2) is 25.9 Å². The van der Waals surface area contributed by atoms with Crippen LogP contribution in [0.3, 0.4) is 0 Å². The molecule has 0 spiro atoms. The van der Waals surface area contributed by atoms with E-state index in [9.17, 15) is 25.9 Å². The van der Waals surface area contributed by atoms with Crippen molar-refractivity contribution >= 4 is 30.1 Å². The molecule has 0 radical (unpaired) electrons. The minimum atomic E-state index is -4.51. The molecule has 0 heterocycles.